The number of nitrogens with zero attached hydrogens (tertiary/aromatic N) is 4. The molecule has 2 amide bonds. The molecule has 0 spiro atoms. The van der Waals surface area contributed by atoms with Gasteiger partial charge in [-0.1, -0.05) is 66.7 Å². The molecule has 3 heterocycles. The first-order valence-electron chi connectivity index (χ1n) is 14.7. The van der Waals surface area contributed by atoms with Crippen LogP contribution in [0.25, 0.3) is 55.0 Å². The normalized spacial score (nSPS) is 12.9. The number of nitriles is 1. The molecule has 45 heavy (non-hydrogen) atoms. The van der Waals surface area contributed by atoms with E-state index in [9.17, 15) is 14.9 Å². The second kappa shape index (κ2) is 9.27. The van der Waals surface area contributed by atoms with Gasteiger partial charge < -0.3 is 9.13 Å². The lowest BCUT2D eigenvalue weighted by Crippen LogP contribution is -2.29. The Bertz CT molecular complexity index is 2570. The highest BCUT2D eigenvalue weighted by molar-refractivity contribution is 6.34. The number of imide groups is 1. The summed E-state index contributed by atoms with van der Waals surface area (Å²) in [6.45, 7) is 0. The van der Waals surface area contributed by atoms with Crippen LogP contribution in [0.2, 0.25) is 0 Å². The molecule has 0 saturated carbocycles. The standard InChI is InChI=1S/C39H22N4O2/c40-23-24-18-19-26(42-38(44)29-14-4-5-15-30(29)39(42)45)20-35(24)43-34-17-9-7-13-28(34)32-21-36-31(22-37(32)43)27-12-6-8-16-33(27)41(36)25-10-2-1-3-11-25/h1-22H. The third-order valence-electron chi connectivity index (χ3n) is 8.88. The predicted octanol–water partition coefficient (Wildman–Crippen LogP) is 8.55. The molecule has 0 bridgehead atoms. The Kier molecular flexibility index (Phi) is 5.17. The van der Waals surface area contributed by atoms with Gasteiger partial charge >= 0.3 is 0 Å². The molecule has 0 atom stereocenters. The highest BCUT2D eigenvalue weighted by atomic mass is 16.2. The van der Waals surface area contributed by atoms with Crippen LogP contribution in [0.3, 0.4) is 0 Å². The minimum absolute atomic E-state index is 0.371. The van der Waals surface area contributed by atoms with Crippen LogP contribution in [0.5, 0.6) is 0 Å². The van der Waals surface area contributed by atoms with Crippen LogP contribution in [0.1, 0.15) is 26.3 Å². The first-order valence-corrected chi connectivity index (χ1v) is 14.7. The van der Waals surface area contributed by atoms with Gasteiger partial charge in [0.2, 0.25) is 0 Å². The Morgan fingerprint density at radius 2 is 1.00 bits per heavy atom. The van der Waals surface area contributed by atoms with Gasteiger partial charge in [-0.05, 0) is 66.7 Å². The molecule has 6 aromatic carbocycles. The summed E-state index contributed by atoms with van der Waals surface area (Å²) >= 11 is 0. The van der Waals surface area contributed by atoms with Crippen LogP contribution < -0.4 is 4.90 Å². The lowest BCUT2D eigenvalue weighted by Gasteiger charge is -2.17. The van der Waals surface area contributed by atoms with Gasteiger partial charge in [0.15, 0.2) is 0 Å². The maximum Gasteiger partial charge on any atom is 0.266 e. The summed E-state index contributed by atoms with van der Waals surface area (Å²) in [7, 11) is 0. The molecule has 6 nitrogen and oxygen atoms in total. The van der Waals surface area contributed by atoms with E-state index >= 15 is 0 Å². The van der Waals surface area contributed by atoms with E-state index in [2.05, 4.69) is 69.8 Å². The van der Waals surface area contributed by atoms with Crippen molar-refractivity contribution in [3.05, 3.63) is 150 Å². The SMILES string of the molecule is N#Cc1ccc(N2C(=O)c3ccccc3C2=O)cc1-n1c2ccccc2c2cc3c(cc21)c1ccccc1n3-c1ccccc1. The molecule has 1 aliphatic heterocycles. The number of aromatic nitrogens is 2. The second-order valence-electron chi connectivity index (χ2n) is 11.2. The summed E-state index contributed by atoms with van der Waals surface area (Å²) in [6.07, 6.45) is 0. The highest BCUT2D eigenvalue weighted by Crippen LogP contribution is 2.41. The van der Waals surface area contributed by atoms with Crippen molar-refractivity contribution in [2.24, 2.45) is 0 Å². The molecule has 2 aromatic heterocycles. The fraction of sp³-hybridized carbons (Fsp3) is 0. The number of carbonyl (C=O) groups excluding carboxylic acids is 2. The van der Waals surface area contributed by atoms with E-state index in [0.29, 0.717) is 28.1 Å². The molecule has 1 aliphatic rings. The largest absolute Gasteiger partial charge is 0.309 e. The van der Waals surface area contributed by atoms with Gasteiger partial charge in [0.05, 0.1) is 50.1 Å². The lowest BCUT2D eigenvalue weighted by molar-refractivity contribution is 0.0926. The van der Waals surface area contributed by atoms with Gasteiger partial charge in [-0.2, -0.15) is 5.26 Å². The number of anilines is 1. The summed E-state index contributed by atoms with van der Waals surface area (Å²) in [5.41, 5.74) is 7.32. The zero-order valence-electron chi connectivity index (χ0n) is 23.8. The average Bonchev–Trinajstić information content (AvgIpc) is 3.68. The summed E-state index contributed by atoms with van der Waals surface area (Å²) in [4.78, 5) is 28.0. The van der Waals surface area contributed by atoms with Gasteiger partial charge in [-0.15, -0.1) is 0 Å². The van der Waals surface area contributed by atoms with Crippen LogP contribution in [0, 0.1) is 11.3 Å². The van der Waals surface area contributed by atoms with E-state index in [1.165, 1.54) is 4.90 Å². The van der Waals surface area contributed by atoms with E-state index in [1.807, 2.05) is 36.4 Å². The third-order valence-corrected chi connectivity index (χ3v) is 8.88. The van der Waals surface area contributed by atoms with E-state index in [4.69, 9.17) is 0 Å². The van der Waals surface area contributed by atoms with Crippen LogP contribution in [-0.2, 0) is 0 Å². The quantitative estimate of drug-likeness (QED) is 0.197. The second-order valence-corrected chi connectivity index (χ2v) is 11.2. The van der Waals surface area contributed by atoms with Crippen LogP contribution >= 0.6 is 0 Å². The molecular formula is C39H22N4O2. The predicted molar refractivity (Wildman–Crippen MR) is 177 cm³/mol. The lowest BCUT2D eigenvalue weighted by atomic mass is 10.1. The molecule has 9 rings (SSSR count). The van der Waals surface area contributed by atoms with E-state index in [1.54, 1.807) is 42.5 Å². The smallest absolute Gasteiger partial charge is 0.266 e. The van der Waals surface area contributed by atoms with Gasteiger partial charge in [0.25, 0.3) is 11.8 Å². The molecule has 0 saturated heterocycles. The molecule has 6 heteroatoms. The van der Waals surface area contributed by atoms with Crippen molar-refractivity contribution in [1.29, 1.82) is 5.26 Å². The fourth-order valence-corrected chi connectivity index (χ4v) is 6.91. The summed E-state index contributed by atoms with van der Waals surface area (Å²) in [5, 5.41) is 14.6. The highest BCUT2D eigenvalue weighted by Gasteiger charge is 2.36. The maximum absolute atomic E-state index is 13.4. The van der Waals surface area contributed by atoms with Crippen molar-refractivity contribution in [2.75, 3.05) is 4.90 Å². The molecular weight excluding hydrogens is 556 g/mol. The Balaban J connectivity index is 1.35. The number of hydrogen-bond acceptors (Lipinski definition) is 3. The first-order chi connectivity index (χ1) is 22.1. The molecule has 8 aromatic rings. The molecule has 210 valence electrons. The molecule has 0 unspecified atom stereocenters. The number of para-hydroxylation sites is 3. The summed E-state index contributed by atoms with van der Waals surface area (Å²) in [5.74, 6) is -0.743. The minimum Gasteiger partial charge on any atom is -0.309 e. The average molecular weight is 579 g/mol. The zero-order chi connectivity index (χ0) is 30.2. The molecule has 0 fully saturated rings. The van der Waals surface area contributed by atoms with Crippen molar-refractivity contribution in [2.45, 2.75) is 0 Å². The Hall–Kier alpha value is -6.45. The van der Waals surface area contributed by atoms with Crippen molar-refractivity contribution >= 4 is 61.1 Å². The van der Waals surface area contributed by atoms with Crippen molar-refractivity contribution in [3.63, 3.8) is 0 Å². The Morgan fingerprint density at radius 1 is 0.467 bits per heavy atom. The first kappa shape index (κ1) is 25.1. The van der Waals surface area contributed by atoms with Gasteiger partial charge in [0, 0.05) is 27.2 Å². The number of rotatable bonds is 3. The van der Waals surface area contributed by atoms with Gasteiger partial charge in [-0.3, -0.25) is 9.59 Å². The molecule has 0 aliphatic carbocycles. The Labute approximate surface area is 257 Å². The van der Waals surface area contributed by atoms with Gasteiger partial charge in [0.1, 0.15) is 6.07 Å². The van der Waals surface area contributed by atoms with E-state index in [-0.39, 0.29) is 11.8 Å². The topological polar surface area (TPSA) is 71.0 Å². The third kappa shape index (κ3) is 3.43. The maximum atomic E-state index is 13.4. The molecule has 0 radical (unpaired) electrons. The van der Waals surface area contributed by atoms with E-state index in [0.717, 1.165) is 49.3 Å². The number of hydrogen-bond donors (Lipinski definition) is 0. The monoisotopic (exact) mass is 578 g/mol. The Morgan fingerprint density at radius 3 is 1.62 bits per heavy atom. The van der Waals surface area contributed by atoms with Gasteiger partial charge in [-0.25, -0.2) is 4.90 Å². The summed E-state index contributed by atoms with van der Waals surface area (Å²) in [6, 6.07) is 45.6. The summed E-state index contributed by atoms with van der Waals surface area (Å²) < 4.78 is 4.37. The van der Waals surface area contributed by atoms with Crippen molar-refractivity contribution < 1.29 is 9.59 Å². The van der Waals surface area contributed by atoms with Crippen molar-refractivity contribution in [3.8, 4) is 17.4 Å². The van der Waals surface area contributed by atoms with Crippen LogP contribution in [0.15, 0.2) is 133 Å². The van der Waals surface area contributed by atoms with Crippen LogP contribution in [0.4, 0.5) is 5.69 Å². The zero-order valence-corrected chi connectivity index (χ0v) is 23.8. The van der Waals surface area contributed by atoms with Crippen molar-refractivity contribution in [1.82, 2.24) is 9.13 Å². The number of amides is 2. The minimum atomic E-state index is -0.371. The molecule has 0 N–H and O–H groups in total. The number of benzene rings is 6. The number of fused-ring (bicyclic) bond motifs is 7. The fourth-order valence-electron chi connectivity index (χ4n) is 6.91. The van der Waals surface area contributed by atoms with Crippen LogP contribution in [-0.4, -0.2) is 20.9 Å². The van der Waals surface area contributed by atoms with E-state index < -0.39 is 0 Å². The number of carbonyl (C=O) groups is 2.